The third kappa shape index (κ3) is 6.19. The van der Waals surface area contributed by atoms with Crippen molar-refractivity contribution in [3.05, 3.63) is 46.2 Å². The molecule has 1 aliphatic heterocycles. The average Bonchev–Trinajstić information content (AvgIpc) is 3.25. The number of rotatable bonds is 8. The molecule has 0 saturated carbocycles. The van der Waals surface area contributed by atoms with Gasteiger partial charge in [0.05, 0.1) is 19.4 Å². The van der Waals surface area contributed by atoms with Gasteiger partial charge < -0.3 is 9.64 Å². The Morgan fingerprint density at radius 2 is 1.86 bits per heavy atom. The molecule has 2 aromatic heterocycles. The minimum absolute atomic E-state index is 0. The average molecular weight is 516 g/mol. The lowest BCUT2D eigenvalue weighted by molar-refractivity contribution is -0.137. The molecule has 3 aromatic rings. The second-order valence-corrected chi connectivity index (χ2v) is 9.04. The molecule has 0 N–H and O–H groups in total. The Labute approximate surface area is 215 Å². The summed E-state index contributed by atoms with van der Waals surface area (Å²) in [5, 5.41) is 0.468. The molecule has 0 bridgehead atoms. The van der Waals surface area contributed by atoms with Gasteiger partial charge >= 0.3 is 5.97 Å². The van der Waals surface area contributed by atoms with E-state index in [1.54, 1.807) is 11.5 Å². The number of thioether (sulfide) groups is 1. The van der Waals surface area contributed by atoms with Gasteiger partial charge in [-0.2, -0.15) is 4.98 Å². The summed E-state index contributed by atoms with van der Waals surface area (Å²) in [5.41, 5.74) is 1.81. The van der Waals surface area contributed by atoms with Crippen LogP contribution in [0.4, 0.5) is 5.95 Å². The maximum Gasteiger partial charge on any atom is 0.316 e. The molecule has 0 radical (unpaired) electrons. The van der Waals surface area contributed by atoms with Crippen molar-refractivity contribution >= 4 is 47.3 Å². The normalized spacial score (nSPS) is 13.1. The van der Waals surface area contributed by atoms with Gasteiger partial charge in [-0.05, 0) is 38.2 Å². The van der Waals surface area contributed by atoms with E-state index in [1.807, 2.05) is 34.9 Å². The summed E-state index contributed by atoms with van der Waals surface area (Å²) in [7, 11) is 1.35. The Hall–Kier alpha value is -2.96. The third-order valence-electron chi connectivity index (χ3n) is 5.88. The number of imidazole rings is 1. The molecule has 3 heterocycles. The SMILES string of the molecule is CC#CCn1c(N2CCCCC2)nc2nc(SCC(=O)OC)n(CCc3ccccc3)c(=O)c21.Cl. The van der Waals surface area contributed by atoms with Crippen LogP contribution in [0.2, 0.25) is 0 Å². The number of halogens is 1. The van der Waals surface area contributed by atoms with Gasteiger partial charge in [0, 0.05) is 19.6 Å². The lowest BCUT2D eigenvalue weighted by atomic mass is 10.1. The van der Waals surface area contributed by atoms with Crippen LogP contribution >= 0.6 is 24.2 Å². The van der Waals surface area contributed by atoms with E-state index in [4.69, 9.17) is 14.7 Å². The molecule has 0 atom stereocenters. The Bertz CT molecular complexity index is 1270. The fourth-order valence-corrected chi connectivity index (χ4v) is 4.95. The summed E-state index contributed by atoms with van der Waals surface area (Å²) in [6, 6.07) is 10.0. The number of aromatic nitrogens is 4. The van der Waals surface area contributed by atoms with Gasteiger partial charge in [-0.25, -0.2) is 4.98 Å². The third-order valence-corrected chi connectivity index (χ3v) is 6.83. The first-order valence-corrected chi connectivity index (χ1v) is 12.5. The van der Waals surface area contributed by atoms with Crippen LogP contribution in [0.15, 0.2) is 40.3 Å². The summed E-state index contributed by atoms with van der Waals surface area (Å²) in [6.45, 7) is 4.41. The quantitative estimate of drug-likeness (QED) is 0.196. The van der Waals surface area contributed by atoms with Gasteiger partial charge in [-0.3, -0.25) is 18.7 Å². The van der Waals surface area contributed by atoms with Crippen molar-refractivity contribution in [2.24, 2.45) is 0 Å². The van der Waals surface area contributed by atoms with Crippen LogP contribution in [0.25, 0.3) is 11.2 Å². The number of esters is 1. The summed E-state index contributed by atoms with van der Waals surface area (Å²) < 4.78 is 8.35. The minimum atomic E-state index is -0.369. The number of benzene rings is 1. The first-order chi connectivity index (χ1) is 16.6. The van der Waals surface area contributed by atoms with Crippen molar-refractivity contribution in [2.75, 3.05) is 30.9 Å². The maximum atomic E-state index is 13.8. The number of methoxy groups -OCH3 is 1. The lowest BCUT2D eigenvalue weighted by Gasteiger charge is -2.27. The van der Waals surface area contributed by atoms with Crippen LogP contribution in [0.1, 0.15) is 31.7 Å². The number of aryl methyl sites for hydroxylation is 1. The molecule has 1 aromatic carbocycles. The molecule has 0 aliphatic carbocycles. The highest BCUT2D eigenvalue weighted by Gasteiger charge is 2.24. The highest BCUT2D eigenvalue weighted by molar-refractivity contribution is 7.99. The number of hydrogen-bond donors (Lipinski definition) is 0. The molecule has 10 heteroatoms. The summed E-state index contributed by atoms with van der Waals surface area (Å²) >= 11 is 1.20. The molecule has 0 unspecified atom stereocenters. The lowest BCUT2D eigenvalue weighted by Crippen LogP contribution is -2.32. The molecule has 0 spiro atoms. The predicted molar refractivity (Wildman–Crippen MR) is 141 cm³/mol. The smallest absolute Gasteiger partial charge is 0.316 e. The van der Waals surface area contributed by atoms with E-state index in [1.165, 1.54) is 25.3 Å². The zero-order chi connectivity index (χ0) is 23.9. The van der Waals surface area contributed by atoms with E-state index in [-0.39, 0.29) is 29.7 Å². The van der Waals surface area contributed by atoms with Crippen molar-refractivity contribution < 1.29 is 9.53 Å². The minimum Gasteiger partial charge on any atom is -0.468 e. The zero-order valence-corrected chi connectivity index (χ0v) is 21.7. The summed E-state index contributed by atoms with van der Waals surface area (Å²) in [4.78, 5) is 37.4. The number of carbonyl (C=O) groups excluding carboxylic acids is 1. The number of nitrogens with zero attached hydrogens (tertiary/aromatic N) is 5. The molecular weight excluding hydrogens is 486 g/mol. The van der Waals surface area contributed by atoms with Gasteiger partial charge in [0.15, 0.2) is 16.3 Å². The van der Waals surface area contributed by atoms with Gasteiger partial charge in [-0.1, -0.05) is 48.0 Å². The van der Waals surface area contributed by atoms with E-state index in [0.29, 0.717) is 35.8 Å². The van der Waals surface area contributed by atoms with E-state index in [0.717, 1.165) is 37.4 Å². The number of hydrogen-bond acceptors (Lipinski definition) is 7. The standard InChI is InChI=1S/C25H29N5O3S.ClH/c1-3-4-16-29-21-22(26-24(29)28-14-9-6-10-15-28)27-25(34-18-20(31)33-2)30(23(21)32)17-13-19-11-7-5-8-12-19;/h5,7-8,11-12H,6,9-10,13-18H2,1-2H3;1H. The van der Waals surface area contributed by atoms with Crippen LogP contribution in [-0.2, 0) is 29.0 Å². The first kappa shape index (κ1) is 26.6. The second kappa shape index (κ2) is 12.7. The fourth-order valence-electron chi connectivity index (χ4n) is 4.10. The number of ether oxygens (including phenoxy) is 1. The monoisotopic (exact) mass is 515 g/mol. The molecular formula is C25H30ClN5O3S. The van der Waals surface area contributed by atoms with Crippen molar-refractivity contribution in [2.45, 2.75) is 50.9 Å². The van der Waals surface area contributed by atoms with E-state index < -0.39 is 0 Å². The van der Waals surface area contributed by atoms with Gasteiger partial charge in [-0.15, -0.1) is 18.3 Å². The highest BCUT2D eigenvalue weighted by Crippen LogP contribution is 2.25. The van der Waals surface area contributed by atoms with Gasteiger partial charge in [0.2, 0.25) is 5.95 Å². The van der Waals surface area contributed by atoms with E-state index in [9.17, 15) is 9.59 Å². The molecule has 35 heavy (non-hydrogen) atoms. The number of fused-ring (bicyclic) bond motifs is 1. The van der Waals surface area contributed by atoms with Gasteiger partial charge in [0.1, 0.15) is 0 Å². The predicted octanol–water partition coefficient (Wildman–Crippen LogP) is 3.54. The Morgan fingerprint density at radius 1 is 1.11 bits per heavy atom. The molecule has 0 amide bonds. The van der Waals surface area contributed by atoms with Crippen LogP contribution in [0, 0.1) is 11.8 Å². The number of carbonyl (C=O) groups is 1. The van der Waals surface area contributed by atoms with Crippen molar-refractivity contribution in [1.29, 1.82) is 0 Å². The molecule has 8 nitrogen and oxygen atoms in total. The van der Waals surface area contributed by atoms with E-state index in [2.05, 4.69) is 16.7 Å². The summed E-state index contributed by atoms with van der Waals surface area (Å²) in [6.07, 6.45) is 4.06. The largest absolute Gasteiger partial charge is 0.468 e. The maximum absolute atomic E-state index is 13.8. The number of piperidine rings is 1. The van der Waals surface area contributed by atoms with Crippen molar-refractivity contribution in [3.63, 3.8) is 0 Å². The van der Waals surface area contributed by atoms with Crippen molar-refractivity contribution in [3.8, 4) is 11.8 Å². The Kier molecular flexibility index (Phi) is 9.64. The van der Waals surface area contributed by atoms with Crippen LogP contribution < -0.4 is 10.5 Å². The van der Waals surface area contributed by atoms with Crippen LogP contribution in [-0.4, -0.2) is 51.0 Å². The Morgan fingerprint density at radius 3 is 2.54 bits per heavy atom. The topological polar surface area (TPSA) is 82.2 Å². The zero-order valence-electron chi connectivity index (χ0n) is 20.0. The highest BCUT2D eigenvalue weighted by atomic mass is 35.5. The van der Waals surface area contributed by atoms with Crippen LogP contribution in [0.3, 0.4) is 0 Å². The molecule has 186 valence electrons. The fraction of sp³-hybridized carbons (Fsp3) is 0.440. The Balaban J connectivity index is 0.00000342. The summed E-state index contributed by atoms with van der Waals surface area (Å²) in [5.74, 6) is 6.47. The van der Waals surface area contributed by atoms with Crippen LogP contribution in [0.5, 0.6) is 0 Å². The first-order valence-electron chi connectivity index (χ1n) is 11.5. The van der Waals surface area contributed by atoms with E-state index >= 15 is 0 Å². The number of anilines is 1. The molecule has 1 saturated heterocycles. The molecule has 4 rings (SSSR count). The molecule has 1 aliphatic rings. The molecule has 1 fully saturated rings. The van der Waals surface area contributed by atoms with Crippen molar-refractivity contribution in [1.82, 2.24) is 19.1 Å². The van der Waals surface area contributed by atoms with Gasteiger partial charge in [0.25, 0.3) is 5.56 Å². The second-order valence-electron chi connectivity index (χ2n) is 8.10.